The molecule has 0 N–H and O–H groups in total. The van der Waals surface area contributed by atoms with Crippen LogP contribution in [-0.2, 0) is 28.6 Å². The van der Waals surface area contributed by atoms with E-state index in [-0.39, 0.29) is 31.1 Å². The Morgan fingerprint density at radius 2 is 0.547 bits per heavy atom. The summed E-state index contributed by atoms with van der Waals surface area (Å²) in [7, 11) is 0. The van der Waals surface area contributed by atoms with Crippen LogP contribution in [0.4, 0.5) is 0 Å². The van der Waals surface area contributed by atoms with E-state index in [1.165, 1.54) is 225 Å². The topological polar surface area (TPSA) is 78.9 Å². The van der Waals surface area contributed by atoms with E-state index in [1.807, 2.05) is 0 Å². The minimum absolute atomic E-state index is 0.0628. The number of carbonyl (C=O) groups is 3. The minimum atomic E-state index is -0.762. The van der Waals surface area contributed by atoms with Crippen LogP contribution in [-0.4, -0.2) is 37.2 Å². The first-order valence-electron chi connectivity index (χ1n) is 28.9. The fourth-order valence-corrected chi connectivity index (χ4v) is 8.89. The van der Waals surface area contributed by atoms with Crippen molar-refractivity contribution in [2.24, 2.45) is 5.92 Å². The van der Waals surface area contributed by atoms with Gasteiger partial charge in [-0.05, 0) is 25.2 Å². The Morgan fingerprint density at radius 3 is 0.812 bits per heavy atom. The van der Waals surface area contributed by atoms with Gasteiger partial charge < -0.3 is 14.2 Å². The summed E-state index contributed by atoms with van der Waals surface area (Å²) in [6.45, 7) is 9.03. The van der Waals surface area contributed by atoms with Crippen molar-refractivity contribution in [2.45, 2.75) is 336 Å². The molecule has 0 heterocycles. The first-order chi connectivity index (χ1) is 31.4. The van der Waals surface area contributed by atoms with E-state index in [9.17, 15) is 14.4 Å². The molecule has 6 heteroatoms. The number of unbranched alkanes of at least 4 members (excludes halogenated alkanes) is 39. The Morgan fingerprint density at radius 1 is 0.312 bits per heavy atom. The molecule has 0 amide bonds. The molecule has 0 aliphatic rings. The maximum Gasteiger partial charge on any atom is 0.306 e. The van der Waals surface area contributed by atoms with Crippen LogP contribution in [0.2, 0.25) is 0 Å². The van der Waals surface area contributed by atoms with E-state index in [0.717, 1.165) is 63.7 Å². The molecule has 0 aromatic rings. The Kier molecular flexibility index (Phi) is 51.1. The highest BCUT2D eigenvalue weighted by molar-refractivity contribution is 5.71. The smallest absolute Gasteiger partial charge is 0.306 e. The zero-order valence-corrected chi connectivity index (χ0v) is 43.8. The van der Waals surface area contributed by atoms with Crippen LogP contribution in [0, 0.1) is 5.92 Å². The lowest BCUT2D eigenvalue weighted by atomic mass is 10.00. The lowest BCUT2D eigenvalue weighted by molar-refractivity contribution is -0.167. The van der Waals surface area contributed by atoms with Gasteiger partial charge in [-0.15, -0.1) is 0 Å². The van der Waals surface area contributed by atoms with Crippen LogP contribution in [0.1, 0.15) is 329 Å². The van der Waals surface area contributed by atoms with Gasteiger partial charge in [0, 0.05) is 19.3 Å². The summed E-state index contributed by atoms with van der Waals surface area (Å²) in [4.78, 5) is 38.1. The van der Waals surface area contributed by atoms with Gasteiger partial charge in [-0.1, -0.05) is 291 Å². The Hall–Kier alpha value is -1.59. The van der Waals surface area contributed by atoms with Crippen LogP contribution in [0.15, 0.2) is 0 Å². The van der Waals surface area contributed by atoms with E-state index < -0.39 is 6.10 Å². The SMILES string of the molecule is CCCCCCCCCCCCCCCCCCCCC(=O)OC[C@H](COC(=O)CCCCCCCCC(C)CC)OC(=O)CCCCCCCCCCCCCCCCCCCC. The van der Waals surface area contributed by atoms with Gasteiger partial charge in [0.25, 0.3) is 0 Å². The second-order valence-electron chi connectivity index (χ2n) is 20.2. The van der Waals surface area contributed by atoms with Gasteiger partial charge in [-0.25, -0.2) is 0 Å². The van der Waals surface area contributed by atoms with Crippen LogP contribution < -0.4 is 0 Å². The van der Waals surface area contributed by atoms with Crippen LogP contribution in [0.3, 0.4) is 0 Å². The van der Waals surface area contributed by atoms with Gasteiger partial charge >= 0.3 is 17.9 Å². The molecule has 0 saturated heterocycles. The molecule has 380 valence electrons. The first-order valence-corrected chi connectivity index (χ1v) is 28.9. The molecular formula is C58H112O6. The standard InChI is InChI=1S/C58H112O6/c1-5-8-10-12-14-16-18-20-22-24-26-28-30-32-34-36-41-45-49-56(59)62-52-55(53-63-57(60)50-46-42-39-38-40-44-48-54(4)7-3)64-58(61)51-47-43-37-35-33-31-29-27-25-23-21-19-17-15-13-11-9-6-2/h54-55H,5-53H2,1-4H3/t54?,55-/m1/s1. The lowest BCUT2D eigenvalue weighted by Gasteiger charge is -2.18. The second-order valence-corrected chi connectivity index (χ2v) is 20.2. The van der Waals surface area contributed by atoms with Crippen molar-refractivity contribution < 1.29 is 28.6 Å². The second kappa shape index (κ2) is 52.4. The summed E-state index contributed by atoms with van der Waals surface area (Å²) in [5.41, 5.74) is 0. The molecule has 64 heavy (non-hydrogen) atoms. The lowest BCUT2D eigenvalue weighted by Crippen LogP contribution is -2.30. The molecule has 0 radical (unpaired) electrons. The van der Waals surface area contributed by atoms with Gasteiger partial charge in [-0.2, -0.15) is 0 Å². The van der Waals surface area contributed by atoms with Crippen molar-refractivity contribution in [2.75, 3.05) is 13.2 Å². The first kappa shape index (κ1) is 62.4. The third-order valence-electron chi connectivity index (χ3n) is 13.7. The molecular weight excluding hydrogens is 793 g/mol. The number of hydrogen-bond donors (Lipinski definition) is 0. The predicted octanol–water partition coefficient (Wildman–Crippen LogP) is 19.0. The molecule has 0 aliphatic heterocycles. The van der Waals surface area contributed by atoms with Gasteiger partial charge in [0.2, 0.25) is 0 Å². The summed E-state index contributed by atoms with van der Waals surface area (Å²) >= 11 is 0. The van der Waals surface area contributed by atoms with Crippen molar-refractivity contribution in [1.82, 2.24) is 0 Å². The van der Waals surface area contributed by atoms with Crippen LogP contribution >= 0.6 is 0 Å². The molecule has 1 unspecified atom stereocenters. The van der Waals surface area contributed by atoms with E-state index in [0.29, 0.717) is 19.3 Å². The Labute approximate surface area is 399 Å². The molecule has 0 spiro atoms. The number of hydrogen-bond acceptors (Lipinski definition) is 6. The Bertz CT molecular complexity index is 966. The average Bonchev–Trinajstić information content (AvgIpc) is 3.29. The monoisotopic (exact) mass is 905 g/mol. The predicted molar refractivity (Wildman–Crippen MR) is 275 cm³/mol. The highest BCUT2D eigenvalue weighted by atomic mass is 16.6. The summed E-state index contributed by atoms with van der Waals surface area (Å²) in [5, 5.41) is 0. The normalized spacial score (nSPS) is 12.4. The molecule has 0 rings (SSSR count). The molecule has 6 nitrogen and oxygen atoms in total. The minimum Gasteiger partial charge on any atom is -0.462 e. The summed E-state index contributed by atoms with van der Waals surface area (Å²) in [6, 6.07) is 0. The maximum atomic E-state index is 12.8. The molecule has 0 aromatic carbocycles. The molecule has 0 aliphatic carbocycles. The number of carbonyl (C=O) groups excluding carboxylic acids is 3. The number of rotatable bonds is 53. The number of ether oxygens (including phenoxy) is 3. The molecule has 0 saturated carbocycles. The van der Waals surface area contributed by atoms with Crippen LogP contribution in [0.25, 0.3) is 0 Å². The fraction of sp³-hybridized carbons (Fsp3) is 0.948. The van der Waals surface area contributed by atoms with Crippen molar-refractivity contribution in [3.8, 4) is 0 Å². The zero-order chi connectivity index (χ0) is 46.7. The zero-order valence-electron chi connectivity index (χ0n) is 43.8. The van der Waals surface area contributed by atoms with Gasteiger partial charge in [0.15, 0.2) is 6.10 Å². The molecule has 2 atom stereocenters. The van der Waals surface area contributed by atoms with Crippen molar-refractivity contribution in [1.29, 1.82) is 0 Å². The quantitative estimate of drug-likeness (QED) is 0.0344. The molecule has 0 bridgehead atoms. The highest BCUT2D eigenvalue weighted by Gasteiger charge is 2.19. The van der Waals surface area contributed by atoms with Crippen molar-refractivity contribution in [3.63, 3.8) is 0 Å². The summed E-state index contributed by atoms with van der Waals surface area (Å²) in [5.74, 6) is -0.0262. The Balaban J connectivity index is 4.24. The third kappa shape index (κ3) is 49.8. The van der Waals surface area contributed by atoms with Gasteiger partial charge in [0.05, 0.1) is 0 Å². The van der Waals surface area contributed by atoms with Crippen molar-refractivity contribution >= 4 is 17.9 Å². The highest BCUT2D eigenvalue weighted by Crippen LogP contribution is 2.18. The van der Waals surface area contributed by atoms with Crippen LogP contribution in [0.5, 0.6) is 0 Å². The maximum absolute atomic E-state index is 12.8. The van der Waals surface area contributed by atoms with E-state index >= 15 is 0 Å². The molecule has 0 fully saturated rings. The summed E-state index contributed by atoms with van der Waals surface area (Å²) < 4.78 is 16.9. The average molecular weight is 906 g/mol. The van der Waals surface area contributed by atoms with E-state index in [2.05, 4.69) is 27.7 Å². The number of esters is 3. The van der Waals surface area contributed by atoms with Crippen molar-refractivity contribution in [3.05, 3.63) is 0 Å². The van der Waals surface area contributed by atoms with Gasteiger partial charge in [-0.3, -0.25) is 14.4 Å². The molecule has 0 aromatic heterocycles. The van der Waals surface area contributed by atoms with E-state index in [1.54, 1.807) is 0 Å². The fourth-order valence-electron chi connectivity index (χ4n) is 8.89. The van der Waals surface area contributed by atoms with Gasteiger partial charge in [0.1, 0.15) is 13.2 Å². The third-order valence-corrected chi connectivity index (χ3v) is 13.7. The largest absolute Gasteiger partial charge is 0.462 e. The summed E-state index contributed by atoms with van der Waals surface area (Å²) in [6.07, 6.45) is 56.7. The van der Waals surface area contributed by atoms with E-state index in [4.69, 9.17) is 14.2 Å².